The Balaban J connectivity index is 3.63. The van der Waals surface area contributed by atoms with Gasteiger partial charge in [0.25, 0.3) is 0 Å². The smallest absolute Gasteiger partial charge is 0.0800 e. The van der Waals surface area contributed by atoms with Gasteiger partial charge in [-0.1, -0.05) is 39.3 Å². The molecule has 0 unspecified atom stereocenters. The molecule has 66 valence electrons. The predicted molar refractivity (Wildman–Crippen MR) is 59.4 cm³/mol. The SMILES string of the molecule is CC(C)S/C=C(/Cl)SC(C)C. The molecule has 0 radical (unpaired) electrons. The molecule has 0 aliphatic carbocycles. The van der Waals surface area contributed by atoms with Crippen LogP contribution in [0, 0.1) is 0 Å². The molecule has 0 heterocycles. The van der Waals surface area contributed by atoms with E-state index in [1.165, 1.54) is 0 Å². The lowest BCUT2D eigenvalue weighted by Crippen LogP contribution is -1.85. The van der Waals surface area contributed by atoms with Gasteiger partial charge in [0.2, 0.25) is 0 Å². The van der Waals surface area contributed by atoms with E-state index < -0.39 is 0 Å². The number of halogens is 1. The number of rotatable bonds is 4. The van der Waals surface area contributed by atoms with Crippen LogP contribution in [0.5, 0.6) is 0 Å². The Labute approximate surface area is 83.2 Å². The molecule has 0 N–H and O–H groups in total. The van der Waals surface area contributed by atoms with Gasteiger partial charge < -0.3 is 0 Å². The molecule has 0 saturated carbocycles. The maximum Gasteiger partial charge on any atom is 0.0800 e. The summed E-state index contributed by atoms with van der Waals surface area (Å²) in [7, 11) is 0. The lowest BCUT2D eigenvalue weighted by atomic mass is 10.6. The highest BCUT2D eigenvalue weighted by molar-refractivity contribution is 8.07. The van der Waals surface area contributed by atoms with E-state index in [1.54, 1.807) is 23.5 Å². The topological polar surface area (TPSA) is 0 Å². The van der Waals surface area contributed by atoms with Crippen molar-refractivity contribution in [2.24, 2.45) is 0 Å². The number of hydrogen-bond acceptors (Lipinski definition) is 2. The van der Waals surface area contributed by atoms with Gasteiger partial charge in [-0.25, -0.2) is 0 Å². The van der Waals surface area contributed by atoms with Gasteiger partial charge in [-0.15, -0.1) is 23.5 Å². The fraction of sp³-hybridized carbons (Fsp3) is 0.750. The third-order valence-electron chi connectivity index (χ3n) is 0.781. The van der Waals surface area contributed by atoms with E-state index in [9.17, 15) is 0 Å². The van der Waals surface area contributed by atoms with Crippen LogP contribution in [0.1, 0.15) is 27.7 Å². The van der Waals surface area contributed by atoms with Crippen molar-refractivity contribution in [3.05, 3.63) is 9.77 Å². The summed E-state index contributed by atoms with van der Waals surface area (Å²) in [4.78, 5) is 0. The van der Waals surface area contributed by atoms with Gasteiger partial charge in [0.05, 0.1) is 4.36 Å². The lowest BCUT2D eigenvalue weighted by molar-refractivity contribution is 1.12. The molecule has 0 nitrogen and oxygen atoms in total. The molecular weight excluding hydrogens is 196 g/mol. The number of hydrogen-bond donors (Lipinski definition) is 0. The first-order valence-corrected chi connectivity index (χ1v) is 5.90. The molecule has 0 atom stereocenters. The van der Waals surface area contributed by atoms with E-state index in [-0.39, 0.29) is 0 Å². The quantitative estimate of drug-likeness (QED) is 0.679. The zero-order valence-electron chi connectivity index (χ0n) is 7.43. The maximum absolute atomic E-state index is 5.92. The molecule has 11 heavy (non-hydrogen) atoms. The molecule has 0 aromatic rings. The Morgan fingerprint density at radius 2 is 1.73 bits per heavy atom. The minimum absolute atomic E-state index is 0.575. The van der Waals surface area contributed by atoms with E-state index in [2.05, 4.69) is 27.7 Å². The normalized spacial score (nSPS) is 13.2. The standard InChI is InChI=1S/C8H15ClS2/c1-6(2)10-5-8(9)11-7(3)4/h5-7H,1-4H3/b8-5-. The highest BCUT2D eigenvalue weighted by Gasteiger charge is 1.98. The van der Waals surface area contributed by atoms with Crippen molar-refractivity contribution < 1.29 is 0 Å². The highest BCUT2D eigenvalue weighted by Crippen LogP contribution is 2.28. The van der Waals surface area contributed by atoms with Crippen LogP contribution in [0.3, 0.4) is 0 Å². The van der Waals surface area contributed by atoms with Crippen LogP contribution in [-0.4, -0.2) is 10.5 Å². The highest BCUT2D eigenvalue weighted by atomic mass is 35.5. The first-order chi connectivity index (χ1) is 5.02. The van der Waals surface area contributed by atoms with Crippen molar-refractivity contribution in [1.29, 1.82) is 0 Å². The van der Waals surface area contributed by atoms with E-state index in [1.807, 2.05) is 5.41 Å². The average Bonchev–Trinajstić information content (AvgIpc) is 1.82. The minimum Gasteiger partial charge on any atom is -0.129 e. The molecule has 0 fully saturated rings. The molecule has 3 heteroatoms. The van der Waals surface area contributed by atoms with Gasteiger partial charge in [-0.2, -0.15) is 0 Å². The lowest BCUT2D eigenvalue weighted by Gasteiger charge is -2.03. The van der Waals surface area contributed by atoms with Crippen LogP contribution in [0.2, 0.25) is 0 Å². The molecule has 0 spiro atoms. The number of thioether (sulfide) groups is 2. The largest absolute Gasteiger partial charge is 0.129 e. The van der Waals surface area contributed by atoms with Crippen LogP contribution in [-0.2, 0) is 0 Å². The summed E-state index contributed by atoms with van der Waals surface area (Å²) < 4.78 is 0.902. The minimum atomic E-state index is 0.575. The summed E-state index contributed by atoms with van der Waals surface area (Å²) in [5.41, 5.74) is 0. The fourth-order valence-electron chi connectivity index (χ4n) is 0.443. The molecule has 0 saturated heterocycles. The molecule has 0 aromatic heterocycles. The summed E-state index contributed by atoms with van der Waals surface area (Å²) in [6, 6.07) is 0. The zero-order chi connectivity index (χ0) is 8.85. The average molecular weight is 211 g/mol. The van der Waals surface area contributed by atoms with E-state index >= 15 is 0 Å². The van der Waals surface area contributed by atoms with E-state index in [4.69, 9.17) is 11.6 Å². The first-order valence-electron chi connectivity index (χ1n) is 3.70. The van der Waals surface area contributed by atoms with Gasteiger partial charge in [0.15, 0.2) is 0 Å². The monoisotopic (exact) mass is 210 g/mol. The Morgan fingerprint density at radius 1 is 1.18 bits per heavy atom. The van der Waals surface area contributed by atoms with Gasteiger partial charge in [-0.3, -0.25) is 0 Å². The summed E-state index contributed by atoms with van der Waals surface area (Å²) >= 11 is 9.39. The van der Waals surface area contributed by atoms with Crippen molar-refractivity contribution in [3.63, 3.8) is 0 Å². The van der Waals surface area contributed by atoms with Crippen LogP contribution in [0.15, 0.2) is 9.77 Å². The van der Waals surface area contributed by atoms with E-state index in [0.29, 0.717) is 10.5 Å². The third kappa shape index (κ3) is 8.64. The zero-order valence-corrected chi connectivity index (χ0v) is 9.82. The Kier molecular flexibility index (Phi) is 6.68. The third-order valence-corrected chi connectivity index (χ3v) is 3.17. The van der Waals surface area contributed by atoms with Gasteiger partial charge in [0, 0.05) is 10.5 Å². The second-order valence-electron chi connectivity index (χ2n) is 2.77. The first kappa shape index (κ1) is 11.7. The molecular formula is C8H15ClS2. The Hall–Kier alpha value is 0.730. The summed E-state index contributed by atoms with van der Waals surface area (Å²) in [6.07, 6.45) is 0. The van der Waals surface area contributed by atoms with Crippen molar-refractivity contribution in [2.45, 2.75) is 38.2 Å². The molecule has 0 bridgehead atoms. The summed E-state index contributed by atoms with van der Waals surface area (Å²) in [5, 5.41) is 3.22. The predicted octanol–water partition coefficient (Wildman–Crippen LogP) is 4.31. The van der Waals surface area contributed by atoms with Crippen LogP contribution < -0.4 is 0 Å². The molecule has 0 amide bonds. The Bertz CT molecular complexity index is 130. The van der Waals surface area contributed by atoms with Crippen LogP contribution in [0.25, 0.3) is 0 Å². The second kappa shape index (κ2) is 6.27. The van der Waals surface area contributed by atoms with Gasteiger partial charge in [0.1, 0.15) is 0 Å². The summed E-state index contributed by atoms with van der Waals surface area (Å²) in [5.74, 6) is 0. The van der Waals surface area contributed by atoms with Gasteiger partial charge >= 0.3 is 0 Å². The van der Waals surface area contributed by atoms with Crippen molar-refractivity contribution in [3.8, 4) is 0 Å². The van der Waals surface area contributed by atoms with Crippen LogP contribution >= 0.6 is 35.1 Å². The van der Waals surface area contributed by atoms with Gasteiger partial charge in [-0.05, 0) is 5.41 Å². The second-order valence-corrected chi connectivity index (χ2v) is 6.47. The van der Waals surface area contributed by atoms with E-state index in [0.717, 1.165) is 4.36 Å². The Morgan fingerprint density at radius 3 is 2.09 bits per heavy atom. The fourth-order valence-corrected chi connectivity index (χ4v) is 2.35. The molecule has 0 aliphatic heterocycles. The van der Waals surface area contributed by atoms with Crippen LogP contribution in [0.4, 0.5) is 0 Å². The molecule has 0 aliphatic rings. The summed E-state index contributed by atoms with van der Waals surface area (Å²) in [6.45, 7) is 8.60. The van der Waals surface area contributed by atoms with Crippen molar-refractivity contribution in [2.75, 3.05) is 0 Å². The molecule has 0 rings (SSSR count). The van der Waals surface area contributed by atoms with Crippen molar-refractivity contribution >= 4 is 35.1 Å². The van der Waals surface area contributed by atoms with Crippen molar-refractivity contribution in [1.82, 2.24) is 0 Å². The maximum atomic E-state index is 5.92. The molecule has 0 aromatic carbocycles.